The summed E-state index contributed by atoms with van der Waals surface area (Å²) in [6.07, 6.45) is 0.527. The van der Waals surface area contributed by atoms with Gasteiger partial charge in [0, 0.05) is 6.61 Å². The van der Waals surface area contributed by atoms with Crippen molar-refractivity contribution in [3.05, 3.63) is 29.8 Å². The molecule has 0 unspecified atom stereocenters. The number of rotatable bonds is 4. The fourth-order valence-electron chi connectivity index (χ4n) is 1.03. The van der Waals surface area contributed by atoms with E-state index in [1.165, 1.54) is 0 Å². The fourth-order valence-corrected chi connectivity index (χ4v) is 1.03. The second kappa shape index (κ2) is 4.86. The molecule has 70 valence electrons. The van der Waals surface area contributed by atoms with E-state index in [0.29, 0.717) is 12.2 Å². The van der Waals surface area contributed by atoms with Crippen LogP contribution in [0.2, 0.25) is 0 Å². The highest BCUT2D eigenvalue weighted by Crippen LogP contribution is 2.13. The number of aliphatic hydroxyl groups excluding tert-OH is 1. The molecule has 3 N–H and O–H groups in total. The summed E-state index contributed by atoms with van der Waals surface area (Å²) in [6, 6.07) is 6.81. The van der Waals surface area contributed by atoms with Crippen molar-refractivity contribution in [1.82, 2.24) is 0 Å². The van der Waals surface area contributed by atoms with E-state index in [2.05, 4.69) is 4.65 Å². The van der Waals surface area contributed by atoms with Crippen LogP contribution in [-0.2, 0) is 6.42 Å². The molecule has 0 heterocycles. The molecule has 0 aliphatic carbocycles. The lowest BCUT2D eigenvalue weighted by molar-refractivity contribution is 0.287. The molecule has 0 aliphatic heterocycles. The molecule has 1 aromatic rings. The molecule has 0 saturated carbocycles. The summed E-state index contributed by atoms with van der Waals surface area (Å²) >= 11 is 0. The van der Waals surface area contributed by atoms with Gasteiger partial charge in [0.2, 0.25) is 0 Å². The number of hydrogen-bond acceptors (Lipinski definition) is 4. The second-order valence-corrected chi connectivity index (χ2v) is 2.57. The van der Waals surface area contributed by atoms with E-state index in [1.54, 1.807) is 18.2 Å². The first kappa shape index (κ1) is 10.0. The lowest BCUT2D eigenvalue weighted by Crippen LogP contribution is -2.20. The van der Waals surface area contributed by atoms with E-state index in [4.69, 9.17) is 15.2 Å². The first-order chi connectivity index (χ1) is 6.22. The molecule has 0 aliphatic rings. The number of aliphatic hydroxyl groups is 1. The van der Waals surface area contributed by atoms with Crippen molar-refractivity contribution >= 4 is 7.32 Å². The lowest BCUT2D eigenvalue weighted by Gasteiger charge is -2.05. The Morgan fingerprint density at radius 1 is 1.31 bits per heavy atom. The van der Waals surface area contributed by atoms with Crippen LogP contribution in [0.1, 0.15) is 5.56 Å². The summed E-state index contributed by atoms with van der Waals surface area (Å²) in [4.78, 5) is 0. The Morgan fingerprint density at radius 2 is 2.08 bits per heavy atom. The highest BCUT2D eigenvalue weighted by atomic mass is 16.6. The molecule has 0 aromatic heterocycles. The van der Waals surface area contributed by atoms with Gasteiger partial charge in [0.1, 0.15) is 5.75 Å². The van der Waals surface area contributed by atoms with Crippen LogP contribution in [-0.4, -0.2) is 29.1 Å². The molecule has 0 atom stereocenters. The maximum atomic E-state index is 8.65. The van der Waals surface area contributed by atoms with Crippen LogP contribution in [0.3, 0.4) is 0 Å². The van der Waals surface area contributed by atoms with Crippen molar-refractivity contribution in [2.45, 2.75) is 6.42 Å². The highest BCUT2D eigenvalue weighted by Gasteiger charge is 2.10. The van der Waals surface area contributed by atoms with Gasteiger partial charge in [-0.15, -0.1) is 0 Å². The van der Waals surface area contributed by atoms with Gasteiger partial charge in [-0.05, 0) is 24.1 Å². The van der Waals surface area contributed by atoms with Crippen molar-refractivity contribution < 1.29 is 19.8 Å². The third kappa shape index (κ3) is 3.46. The average Bonchev–Trinajstić information content (AvgIpc) is 2.04. The van der Waals surface area contributed by atoms with Crippen LogP contribution in [0.5, 0.6) is 5.75 Å². The molecule has 0 amide bonds. The molecule has 0 saturated heterocycles. The van der Waals surface area contributed by atoms with Gasteiger partial charge in [0.05, 0.1) is 0 Å². The monoisotopic (exact) mass is 182 g/mol. The van der Waals surface area contributed by atoms with E-state index in [1.807, 2.05) is 6.07 Å². The predicted molar refractivity (Wildman–Crippen MR) is 48.1 cm³/mol. The quantitative estimate of drug-likeness (QED) is 0.552. The summed E-state index contributed by atoms with van der Waals surface area (Å²) in [7, 11) is -1.80. The van der Waals surface area contributed by atoms with E-state index in [9.17, 15) is 0 Å². The summed E-state index contributed by atoms with van der Waals surface area (Å²) in [5, 5.41) is 25.7. The van der Waals surface area contributed by atoms with Crippen LogP contribution < -0.4 is 4.65 Å². The SMILES string of the molecule is OCCc1cccc(OB(O)O)c1. The summed E-state index contributed by atoms with van der Waals surface area (Å²) in [5.41, 5.74) is 0.889. The smallest absolute Gasteiger partial charge is 0.512 e. The highest BCUT2D eigenvalue weighted by molar-refractivity contribution is 6.33. The van der Waals surface area contributed by atoms with Crippen molar-refractivity contribution in [2.24, 2.45) is 0 Å². The zero-order chi connectivity index (χ0) is 9.68. The Hall–Kier alpha value is -1.04. The number of hydrogen-bond donors (Lipinski definition) is 3. The molecule has 0 spiro atoms. The van der Waals surface area contributed by atoms with Gasteiger partial charge >= 0.3 is 7.32 Å². The molecule has 1 rings (SSSR count). The molecule has 4 nitrogen and oxygen atoms in total. The van der Waals surface area contributed by atoms with E-state index in [-0.39, 0.29) is 6.61 Å². The molecular formula is C8H11BO4. The number of benzene rings is 1. The van der Waals surface area contributed by atoms with E-state index < -0.39 is 7.32 Å². The normalized spacial score (nSPS) is 9.77. The minimum atomic E-state index is -1.80. The van der Waals surface area contributed by atoms with Gasteiger partial charge in [-0.25, -0.2) is 0 Å². The summed E-state index contributed by atoms with van der Waals surface area (Å²) in [6.45, 7) is 0.0606. The molecule has 0 radical (unpaired) electrons. The Morgan fingerprint density at radius 3 is 2.69 bits per heavy atom. The first-order valence-electron chi connectivity index (χ1n) is 3.95. The molecule has 0 fully saturated rings. The van der Waals surface area contributed by atoms with Crippen molar-refractivity contribution in [2.75, 3.05) is 6.61 Å². The van der Waals surface area contributed by atoms with E-state index >= 15 is 0 Å². The fraction of sp³-hybridized carbons (Fsp3) is 0.250. The third-order valence-electron chi connectivity index (χ3n) is 1.54. The van der Waals surface area contributed by atoms with Crippen LogP contribution in [0.4, 0.5) is 0 Å². The Balaban J connectivity index is 2.67. The van der Waals surface area contributed by atoms with Gasteiger partial charge in [0.25, 0.3) is 0 Å². The third-order valence-corrected chi connectivity index (χ3v) is 1.54. The second-order valence-electron chi connectivity index (χ2n) is 2.57. The Kier molecular flexibility index (Phi) is 3.76. The lowest BCUT2D eigenvalue weighted by atomic mass is 10.1. The molecule has 1 aromatic carbocycles. The standard InChI is InChI=1S/C8H11BO4/c10-5-4-7-2-1-3-8(6-7)13-9(11)12/h1-3,6,10-12H,4-5H2. The Labute approximate surface area is 76.6 Å². The van der Waals surface area contributed by atoms with Gasteiger partial charge in [0.15, 0.2) is 0 Å². The van der Waals surface area contributed by atoms with Gasteiger partial charge in [-0.2, -0.15) is 0 Å². The van der Waals surface area contributed by atoms with Crippen molar-refractivity contribution in [3.63, 3.8) is 0 Å². The minimum absolute atomic E-state index is 0.0606. The minimum Gasteiger partial charge on any atom is -0.512 e. The largest absolute Gasteiger partial charge is 0.707 e. The maximum absolute atomic E-state index is 8.65. The van der Waals surface area contributed by atoms with Gasteiger partial charge < -0.3 is 19.8 Å². The molecule has 13 heavy (non-hydrogen) atoms. The molecule has 0 bridgehead atoms. The molecular weight excluding hydrogens is 171 g/mol. The van der Waals surface area contributed by atoms with Crippen LogP contribution >= 0.6 is 0 Å². The van der Waals surface area contributed by atoms with Crippen LogP contribution in [0.15, 0.2) is 24.3 Å². The summed E-state index contributed by atoms with van der Waals surface area (Å²) < 4.78 is 4.63. The average molecular weight is 182 g/mol. The Bertz CT molecular complexity index is 264. The zero-order valence-electron chi connectivity index (χ0n) is 7.05. The topological polar surface area (TPSA) is 69.9 Å². The zero-order valence-corrected chi connectivity index (χ0v) is 7.05. The van der Waals surface area contributed by atoms with Crippen molar-refractivity contribution in [3.8, 4) is 5.75 Å². The summed E-state index contributed by atoms with van der Waals surface area (Å²) in [5.74, 6) is 0.376. The van der Waals surface area contributed by atoms with Gasteiger partial charge in [-0.3, -0.25) is 0 Å². The van der Waals surface area contributed by atoms with E-state index in [0.717, 1.165) is 5.56 Å². The van der Waals surface area contributed by atoms with Gasteiger partial charge in [-0.1, -0.05) is 12.1 Å². The van der Waals surface area contributed by atoms with Crippen LogP contribution in [0, 0.1) is 0 Å². The van der Waals surface area contributed by atoms with Crippen LogP contribution in [0.25, 0.3) is 0 Å². The molecule has 5 heteroatoms. The predicted octanol–water partition coefficient (Wildman–Crippen LogP) is -0.430. The van der Waals surface area contributed by atoms with Crippen molar-refractivity contribution in [1.29, 1.82) is 0 Å². The maximum Gasteiger partial charge on any atom is 0.707 e. The first-order valence-corrected chi connectivity index (χ1v) is 3.95.